The second kappa shape index (κ2) is 5.15. The van der Waals surface area contributed by atoms with Crippen molar-refractivity contribution in [1.29, 1.82) is 0 Å². The normalized spacial score (nSPS) is 23.1. The lowest BCUT2D eigenvalue weighted by molar-refractivity contribution is 0.334. The summed E-state index contributed by atoms with van der Waals surface area (Å²) in [6.45, 7) is 0. The van der Waals surface area contributed by atoms with E-state index in [0.717, 1.165) is 31.2 Å². The summed E-state index contributed by atoms with van der Waals surface area (Å²) in [5.74, 6) is 0.943. The van der Waals surface area contributed by atoms with Crippen molar-refractivity contribution in [2.75, 3.05) is 12.8 Å². The van der Waals surface area contributed by atoms with Crippen LogP contribution in [0.5, 0.6) is 0 Å². The van der Waals surface area contributed by atoms with Crippen LogP contribution >= 0.6 is 0 Å². The summed E-state index contributed by atoms with van der Waals surface area (Å²) >= 11 is 0. The molecule has 3 rings (SSSR count). The number of hydrogen-bond donors (Lipinski definition) is 0. The zero-order valence-electron chi connectivity index (χ0n) is 12.2. The molecule has 0 amide bonds. The molecule has 0 aromatic carbocycles. The zero-order valence-corrected chi connectivity index (χ0v) is 13.1. The maximum atomic E-state index is 12.5. The minimum atomic E-state index is -3.15. The van der Waals surface area contributed by atoms with Crippen LogP contribution in [0.3, 0.4) is 0 Å². The fourth-order valence-corrected chi connectivity index (χ4v) is 4.65. The van der Waals surface area contributed by atoms with Gasteiger partial charge in [-0.2, -0.15) is 9.40 Å². The van der Waals surface area contributed by atoms with Gasteiger partial charge < -0.3 is 0 Å². The number of aryl methyl sites for hydroxylation is 1. The summed E-state index contributed by atoms with van der Waals surface area (Å²) in [6, 6.07) is -0.0309. The molecule has 0 saturated heterocycles. The van der Waals surface area contributed by atoms with Crippen LogP contribution in [0.25, 0.3) is 0 Å². The summed E-state index contributed by atoms with van der Waals surface area (Å²) in [4.78, 5) is 0. The van der Waals surface area contributed by atoms with Crippen molar-refractivity contribution < 1.29 is 8.42 Å². The minimum Gasteiger partial charge on any atom is -0.272 e. The van der Waals surface area contributed by atoms with Crippen molar-refractivity contribution in [3.8, 4) is 0 Å². The van der Waals surface area contributed by atoms with Crippen LogP contribution in [-0.2, 0) is 23.5 Å². The molecule has 0 bridgehead atoms. The molecule has 1 aromatic heterocycles. The van der Waals surface area contributed by atoms with Crippen molar-refractivity contribution in [1.82, 2.24) is 14.1 Å². The molecule has 0 unspecified atom stereocenters. The van der Waals surface area contributed by atoms with Crippen molar-refractivity contribution in [3.63, 3.8) is 0 Å². The van der Waals surface area contributed by atoms with Crippen LogP contribution in [0.2, 0.25) is 0 Å². The van der Waals surface area contributed by atoms with E-state index in [2.05, 4.69) is 5.10 Å². The topological polar surface area (TPSA) is 55.2 Å². The molecule has 1 aromatic rings. The molecule has 1 fully saturated rings. The quantitative estimate of drug-likeness (QED) is 0.833. The van der Waals surface area contributed by atoms with Gasteiger partial charge in [0.05, 0.1) is 18.0 Å². The first kappa shape index (κ1) is 14.1. The molecule has 2 aliphatic carbocycles. The minimum absolute atomic E-state index is 0.0309. The third-order valence-electron chi connectivity index (χ3n) is 4.70. The number of rotatable bonds is 5. The number of fused-ring (bicyclic) bond motifs is 1. The molecular weight excluding hydrogens is 274 g/mol. The smallest absolute Gasteiger partial charge is 0.214 e. The van der Waals surface area contributed by atoms with E-state index in [0.29, 0.717) is 11.7 Å². The van der Waals surface area contributed by atoms with Gasteiger partial charge in [-0.3, -0.25) is 4.68 Å². The van der Waals surface area contributed by atoms with Crippen molar-refractivity contribution in [2.45, 2.75) is 44.6 Å². The third kappa shape index (κ3) is 2.63. The molecule has 1 saturated carbocycles. The van der Waals surface area contributed by atoms with E-state index >= 15 is 0 Å². The second-order valence-electron chi connectivity index (χ2n) is 6.14. The van der Waals surface area contributed by atoms with E-state index in [1.807, 2.05) is 17.9 Å². The fourth-order valence-electron chi connectivity index (χ4n) is 3.12. The molecular formula is C14H23N3O2S. The Bertz CT molecular complexity index is 590. The lowest BCUT2D eigenvalue weighted by atomic mass is 9.93. The monoisotopic (exact) mass is 297 g/mol. The SMILES string of the molecule is CN([C@@H]1CCCc2c1cnn2C)S(=O)(=O)CCC1CC1. The molecule has 0 radical (unpaired) electrons. The summed E-state index contributed by atoms with van der Waals surface area (Å²) in [5.41, 5.74) is 2.28. The highest BCUT2D eigenvalue weighted by Gasteiger charge is 2.33. The van der Waals surface area contributed by atoms with Gasteiger partial charge in [0.15, 0.2) is 0 Å². The van der Waals surface area contributed by atoms with Gasteiger partial charge in [0.2, 0.25) is 10.0 Å². The van der Waals surface area contributed by atoms with Gasteiger partial charge in [0, 0.05) is 25.4 Å². The number of sulfonamides is 1. The van der Waals surface area contributed by atoms with Crippen molar-refractivity contribution >= 4 is 10.0 Å². The summed E-state index contributed by atoms with van der Waals surface area (Å²) < 4.78 is 28.4. The van der Waals surface area contributed by atoms with E-state index in [-0.39, 0.29) is 6.04 Å². The van der Waals surface area contributed by atoms with Gasteiger partial charge in [-0.25, -0.2) is 8.42 Å². The summed E-state index contributed by atoms with van der Waals surface area (Å²) in [6.07, 6.45) is 7.99. The average molecular weight is 297 g/mol. The molecule has 0 spiro atoms. The molecule has 2 aliphatic rings. The van der Waals surface area contributed by atoms with Gasteiger partial charge in [0.25, 0.3) is 0 Å². The zero-order chi connectivity index (χ0) is 14.3. The number of aromatic nitrogens is 2. The first-order valence-corrected chi connectivity index (χ1v) is 9.06. The Morgan fingerprint density at radius 2 is 2.15 bits per heavy atom. The van der Waals surface area contributed by atoms with Gasteiger partial charge in [-0.1, -0.05) is 12.8 Å². The van der Waals surface area contributed by atoms with E-state index in [4.69, 9.17) is 0 Å². The van der Waals surface area contributed by atoms with Crippen LogP contribution in [-0.4, -0.2) is 35.3 Å². The number of hydrogen-bond acceptors (Lipinski definition) is 3. The Kier molecular flexibility index (Phi) is 3.62. The lowest BCUT2D eigenvalue weighted by Gasteiger charge is -2.30. The predicted octanol–water partition coefficient (Wildman–Crippen LogP) is 1.86. The maximum absolute atomic E-state index is 12.5. The number of nitrogens with zero attached hydrogens (tertiary/aromatic N) is 3. The Balaban J connectivity index is 1.78. The lowest BCUT2D eigenvalue weighted by Crippen LogP contribution is -2.35. The Morgan fingerprint density at radius 1 is 1.40 bits per heavy atom. The van der Waals surface area contributed by atoms with E-state index in [9.17, 15) is 8.42 Å². The van der Waals surface area contributed by atoms with E-state index in [1.54, 1.807) is 11.4 Å². The summed E-state index contributed by atoms with van der Waals surface area (Å²) in [7, 11) is 0.512. The molecule has 1 atom stereocenters. The third-order valence-corrected chi connectivity index (χ3v) is 6.59. The highest BCUT2D eigenvalue weighted by molar-refractivity contribution is 7.89. The second-order valence-corrected chi connectivity index (χ2v) is 8.29. The van der Waals surface area contributed by atoms with Crippen LogP contribution in [0.4, 0.5) is 0 Å². The standard InChI is InChI=1S/C14H23N3O2S/c1-16-13-4-3-5-14(12(13)10-15-16)17(2)20(18,19)9-8-11-6-7-11/h10-11,14H,3-9H2,1-2H3/t14-/m1/s1. The molecule has 5 nitrogen and oxygen atoms in total. The molecule has 0 aliphatic heterocycles. The first-order chi connectivity index (χ1) is 9.49. The highest BCUT2D eigenvalue weighted by atomic mass is 32.2. The Hall–Kier alpha value is -0.880. The highest BCUT2D eigenvalue weighted by Crippen LogP contribution is 2.36. The Morgan fingerprint density at radius 3 is 2.85 bits per heavy atom. The van der Waals surface area contributed by atoms with Crippen LogP contribution < -0.4 is 0 Å². The van der Waals surface area contributed by atoms with E-state index in [1.165, 1.54) is 18.5 Å². The molecule has 6 heteroatoms. The van der Waals surface area contributed by atoms with Crippen LogP contribution in [0.1, 0.15) is 49.4 Å². The molecule has 112 valence electrons. The van der Waals surface area contributed by atoms with Crippen LogP contribution in [0, 0.1) is 5.92 Å². The maximum Gasteiger partial charge on any atom is 0.214 e. The van der Waals surface area contributed by atoms with E-state index < -0.39 is 10.0 Å². The van der Waals surface area contributed by atoms with Gasteiger partial charge >= 0.3 is 0 Å². The Labute approximate surface area is 121 Å². The van der Waals surface area contributed by atoms with Gasteiger partial charge in [-0.15, -0.1) is 0 Å². The average Bonchev–Trinajstić information content (AvgIpc) is 3.19. The summed E-state index contributed by atoms with van der Waals surface area (Å²) in [5, 5.41) is 4.29. The molecule has 1 heterocycles. The first-order valence-electron chi connectivity index (χ1n) is 7.45. The predicted molar refractivity (Wildman–Crippen MR) is 77.8 cm³/mol. The van der Waals surface area contributed by atoms with Gasteiger partial charge in [-0.05, 0) is 31.6 Å². The van der Waals surface area contributed by atoms with Crippen molar-refractivity contribution in [3.05, 3.63) is 17.5 Å². The van der Waals surface area contributed by atoms with Gasteiger partial charge in [0.1, 0.15) is 0 Å². The molecule has 20 heavy (non-hydrogen) atoms. The fraction of sp³-hybridized carbons (Fsp3) is 0.786. The van der Waals surface area contributed by atoms with Crippen LogP contribution in [0.15, 0.2) is 6.20 Å². The largest absolute Gasteiger partial charge is 0.272 e. The molecule has 0 N–H and O–H groups in total. The van der Waals surface area contributed by atoms with Crippen molar-refractivity contribution in [2.24, 2.45) is 13.0 Å².